The maximum Gasteiger partial charge on any atom is 0.170 e. The Kier molecular flexibility index (Phi) is 8.59. The molecule has 8 nitrogen and oxygen atoms in total. The number of anilines is 1. The number of halogens is 2. The van der Waals surface area contributed by atoms with Crippen molar-refractivity contribution in [3.05, 3.63) is 51.0 Å². The molecule has 2 aliphatic heterocycles. The van der Waals surface area contributed by atoms with E-state index in [1.54, 1.807) is 6.34 Å². The molecule has 2 atom stereocenters. The summed E-state index contributed by atoms with van der Waals surface area (Å²) in [5.74, 6) is 0.313. The van der Waals surface area contributed by atoms with Crippen LogP contribution >= 0.6 is 15.9 Å². The van der Waals surface area contributed by atoms with E-state index in [0.717, 1.165) is 47.4 Å². The van der Waals surface area contributed by atoms with Crippen molar-refractivity contribution in [2.24, 2.45) is 10.9 Å². The summed E-state index contributed by atoms with van der Waals surface area (Å²) in [6, 6.07) is 5.73. The lowest BCUT2D eigenvalue weighted by Gasteiger charge is -2.31. The van der Waals surface area contributed by atoms with Crippen molar-refractivity contribution >= 4 is 37.8 Å². The zero-order valence-corrected chi connectivity index (χ0v) is 24.5. The zero-order valence-electron chi connectivity index (χ0n) is 22.1. The van der Waals surface area contributed by atoms with Crippen LogP contribution in [-0.2, 0) is 14.7 Å². The number of hydrogen-bond donors (Lipinski definition) is 2. The van der Waals surface area contributed by atoms with Gasteiger partial charge in [-0.15, -0.1) is 0 Å². The maximum absolute atomic E-state index is 16.0. The van der Waals surface area contributed by atoms with Crippen molar-refractivity contribution in [2.75, 3.05) is 50.9 Å². The summed E-state index contributed by atoms with van der Waals surface area (Å²) in [6.07, 6.45) is 7.70. The van der Waals surface area contributed by atoms with Crippen molar-refractivity contribution in [1.29, 1.82) is 0 Å². The molecule has 2 aliphatic carbocycles. The third-order valence-corrected chi connectivity index (χ3v) is 9.96. The number of aliphatic imine (C=N–C) groups is 1. The highest BCUT2D eigenvalue weighted by Crippen LogP contribution is 2.38. The molecule has 2 fully saturated rings. The fourth-order valence-corrected chi connectivity index (χ4v) is 6.83. The van der Waals surface area contributed by atoms with Gasteiger partial charge in [0.1, 0.15) is 5.70 Å². The van der Waals surface area contributed by atoms with Crippen LogP contribution in [0.5, 0.6) is 0 Å². The highest BCUT2D eigenvalue weighted by atomic mass is 79.9. The van der Waals surface area contributed by atoms with Gasteiger partial charge in [-0.1, -0.05) is 15.9 Å². The second-order valence-corrected chi connectivity index (χ2v) is 14.2. The third-order valence-electron chi connectivity index (χ3n) is 7.88. The molecular formula is C27H37BrFN5O3S. The molecule has 1 saturated heterocycles. The first-order chi connectivity index (χ1) is 18.2. The Morgan fingerprint density at radius 1 is 1.24 bits per heavy atom. The lowest BCUT2D eigenvalue weighted by atomic mass is 9.93. The van der Waals surface area contributed by atoms with E-state index >= 15 is 4.39 Å². The van der Waals surface area contributed by atoms with Crippen LogP contribution in [-0.4, -0.2) is 81.4 Å². The normalized spacial score (nSPS) is 24.1. The Balaban J connectivity index is 1.25. The van der Waals surface area contributed by atoms with Gasteiger partial charge >= 0.3 is 0 Å². The smallest absolute Gasteiger partial charge is 0.170 e. The quantitative estimate of drug-likeness (QED) is 0.272. The van der Waals surface area contributed by atoms with Gasteiger partial charge in [0.25, 0.3) is 0 Å². The van der Waals surface area contributed by atoms with Crippen LogP contribution in [0.2, 0.25) is 0 Å². The molecule has 4 aliphatic rings. The van der Waals surface area contributed by atoms with Gasteiger partial charge in [0.2, 0.25) is 0 Å². The standard InChI is InChI=1S/C27H37BrFN5O3S/c1-18-12-21(28)6-7-23(18)32-26-20(14-31-37-16-19-4-5-19)13-24-27(25(26)29)30-17-34(24)10-3-9-33-11-8-22(15-33)38(2,35)36/h6-7,12,17,19,22,24,31-32H,3-5,8-11,13-16H2,1-2H3. The molecule has 0 radical (unpaired) electrons. The van der Waals surface area contributed by atoms with Crippen molar-refractivity contribution in [1.82, 2.24) is 15.3 Å². The van der Waals surface area contributed by atoms with E-state index in [-0.39, 0.29) is 17.1 Å². The second kappa shape index (κ2) is 11.8. The van der Waals surface area contributed by atoms with Gasteiger partial charge in [0.15, 0.2) is 15.7 Å². The van der Waals surface area contributed by atoms with Crippen LogP contribution < -0.4 is 10.8 Å². The van der Waals surface area contributed by atoms with Gasteiger partial charge in [-0.3, -0.25) is 0 Å². The van der Waals surface area contributed by atoms with E-state index in [1.807, 2.05) is 25.1 Å². The number of likely N-dealkylation sites (tertiary alicyclic amines) is 1. The Labute approximate surface area is 233 Å². The summed E-state index contributed by atoms with van der Waals surface area (Å²) < 4.78 is 40.7. The molecule has 2 N–H and O–H groups in total. The van der Waals surface area contributed by atoms with Crippen LogP contribution in [0.15, 0.2) is 50.5 Å². The largest absolute Gasteiger partial charge is 0.353 e. The first kappa shape index (κ1) is 27.8. The zero-order chi connectivity index (χ0) is 26.9. The summed E-state index contributed by atoms with van der Waals surface area (Å²) in [4.78, 5) is 14.5. The molecule has 208 valence electrons. The Bertz CT molecular complexity index is 1250. The molecule has 2 heterocycles. The van der Waals surface area contributed by atoms with Gasteiger partial charge in [0, 0.05) is 36.1 Å². The molecular weight excluding hydrogens is 573 g/mol. The lowest BCUT2D eigenvalue weighted by Crippen LogP contribution is -2.37. The fourth-order valence-electron chi connectivity index (χ4n) is 5.34. The van der Waals surface area contributed by atoms with E-state index in [0.29, 0.717) is 49.9 Å². The molecule has 5 rings (SSSR count). The third kappa shape index (κ3) is 6.67. The minimum Gasteiger partial charge on any atom is -0.353 e. The number of aryl methyl sites for hydroxylation is 1. The van der Waals surface area contributed by atoms with Gasteiger partial charge in [-0.05, 0) is 87.4 Å². The molecule has 0 aromatic heterocycles. The molecule has 0 bridgehead atoms. The van der Waals surface area contributed by atoms with Gasteiger partial charge in [0.05, 0.1) is 29.9 Å². The van der Waals surface area contributed by atoms with E-state index in [2.05, 4.69) is 41.5 Å². The summed E-state index contributed by atoms with van der Waals surface area (Å²) in [5.41, 5.74) is 6.78. The molecule has 2 unspecified atom stereocenters. The van der Waals surface area contributed by atoms with Crippen molar-refractivity contribution in [3.8, 4) is 0 Å². The Morgan fingerprint density at radius 3 is 2.76 bits per heavy atom. The maximum atomic E-state index is 16.0. The SMILES string of the molecule is Cc1cc(Br)ccc1NC1=C(CNOCC2CC2)CC2C(=C1F)N=CN2CCCN1CCC(S(C)(=O)=O)C1. The molecule has 0 spiro atoms. The van der Waals surface area contributed by atoms with Crippen LogP contribution in [0.3, 0.4) is 0 Å². The van der Waals surface area contributed by atoms with Gasteiger partial charge in [-0.25, -0.2) is 17.8 Å². The predicted molar refractivity (Wildman–Crippen MR) is 152 cm³/mol. The number of sulfone groups is 1. The van der Waals surface area contributed by atoms with E-state index in [9.17, 15) is 8.42 Å². The Hall–Kier alpha value is -1.79. The number of rotatable bonds is 12. The summed E-state index contributed by atoms with van der Waals surface area (Å²) in [7, 11) is -3.00. The molecule has 38 heavy (non-hydrogen) atoms. The van der Waals surface area contributed by atoms with Crippen LogP contribution in [0.25, 0.3) is 0 Å². The molecule has 0 amide bonds. The number of nitrogens with zero attached hydrogens (tertiary/aromatic N) is 3. The molecule has 11 heteroatoms. The summed E-state index contributed by atoms with van der Waals surface area (Å²) >= 11 is 3.50. The number of hydrogen-bond acceptors (Lipinski definition) is 8. The van der Waals surface area contributed by atoms with Gasteiger partial charge in [-0.2, -0.15) is 5.48 Å². The van der Waals surface area contributed by atoms with Crippen LogP contribution in [0.1, 0.15) is 37.7 Å². The van der Waals surface area contributed by atoms with Crippen molar-refractivity contribution < 1.29 is 17.6 Å². The fraction of sp³-hybridized carbons (Fsp3) is 0.593. The monoisotopic (exact) mass is 609 g/mol. The lowest BCUT2D eigenvalue weighted by molar-refractivity contribution is 0.0386. The van der Waals surface area contributed by atoms with Crippen LogP contribution in [0, 0.1) is 12.8 Å². The minimum absolute atomic E-state index is 0.158. The predicted octanol–water partition coefficient (Wildman–Crippen LogP) is 4.16. The number of fused-ring (bicyclic) bond motifs is 1. The first-order valence-electron chi connectivity index (χ1n) is 13.4. The minimum atomic E-state index is -3.00. The van der Waals surface area contributed by atoms with Crippen LogP contribution in [0.4, 0.5) is 10.1 Å². The number of nitrogens with one attached hydrogen (secondary N) is 2. The average Bonchev–Trinajstić information content (AvgIpc) is 3.39. The number of allylic oxidation sites excluding steroid dienone is 1. The van der Waals surface area contributed by atoms with Gasteiger partial charge < -0.3 is 20.0 Å². The summed E-state index contributed by atoms with van der Waals surface area (Å²) in [6.45, 7) is 6.06. The summed E-state index contributed by atoms with van der Waals surface area (Å²) in [5, 5.41) is 3.08. The van der Waals surface area contributed by atoms with Crippen molar-refractivity contribution in [2.45, 2.75) is 50.3 Å². The molecule has 1 saturated carbocycles. The topological polar surface area (TPSA) is 86.3 Å². The number of benzene rings is 1. The highest BCUT2D eigenvalue weighted by Gasteiger charge is 2.36. The molecule has 1 aromatic rings. The highest BCUT2D eigenvalue weighted by molar-refractivity contribution is 9.10. The molecule has 1 aromatic carbocycles. The second-order valence-electron chi connectivity index (χ2n) is 10.9. The first-order valence-corrected chi connectivity index (χ1v) is 16.1. The average molecular weight is 611 g/mol. The van der Waals surface area contributed by atoms with E-state index < -0.39 is 9.84 Å². The number of hydroxylamine groups is 1. The van der Waals surface area contributed by atoms with E-state index in [1.165, 1.54) is 19.1 Å². The van der Waals surface area contributed by atoms with Crippen molar-refractivity contribution in [3.63, 3.8) is 0 Å². The Morgan fingerprint density at radius 2 is 2.05 bits per heavy atom. The van der Waals surface area contributed by atoms with E-state index in [4.69, 9.17) is 4.84 Å².